The van der Waals surface area contributed by atoms with Crippen LogP contribution in [0.4, 0.5) is 4.79 Å². The molecule has 0 spiro atoms. The Balaban J connectivity index is 2.06. The Kier molecular flexibility index (Phi) is 4.98. The van der Waals surface area contributed by atoms with E-state index >= 15 is 0 Å². The van der Waals surface area contributed by atoms with E-state index in [9.17, 15) is 4.79 Å². The molecule has 0 bridgehead atoms. The summed E-state index contributed by atoms with van der Waals surface area (Å²) >= 11 is 5.19. The van der Waals surface area contributed by atoms with Crippen LogP contribution in [0.5, 0.6) is 0 Å². The topological polar surface area (TPSA) is 35.5 Å². The second-order valence-corrected chi connectivity index (χ2v) is 3.54. The van der Waals surface area contributed by atoms with Gasteiger partial charge in [-0.25, -0.2) is 4.79 Å². The van der Waals surface area contributed by atoms with Crippen molar-refractivity contribution in [1.29, 1.82) is 0 Å². The first kappa shape index (κ1) is 10.6. The highest BCUT2D eigenvalue weighted by Gasteiger charge is 2.15. The van der Waals surface area contributed by atoms with Gasteiger partial charge in [0.15, 0.2) is 6.07 Å². The van der Waals surface area contributed by atoms with E-state index in [-0.39, 0.29) is 6.07 Å². The minimum atomic E-state index is -0.652. The number of halogens is 1. The van der Waals surface area contributed by atoms with Crippen molar-refractivity contribution in [3.8, 4) is 0 Å². The third-order valence-electron chi connectivity index (χ3n) is 2.33. The Hall–Kier alpha value is -0.440. The fraction of sp³-hybridized carbons (Fsp3) is 0.889. The summed E-state index contributed by atoms with van der Waals surface area (Å²) < 4.78 is 9.31. The van der Waals surface area contributed by atoms with Gasteiger partial charge in [-0.1, -0.05) is 30.9 Å². The predicted molar refractivity (Wildman–Crippen MR) is 49.7 cm³/mol. The first-order valence-electron chi connectivity index (χ1n) is 4.68. The summed E-state index contributed by atoms with van der Waals surface area (Å²) in [5, 5.41) is 0. The summed E-state index contributed by atoms with van der Waals surface area (Å²) in [6.07, 6.45) is 5.47. The van der Waals surface area contributed by atoms with Crippen LogP contribution in [0.1, 0.15) is 32.1 Å². The quantitative estimate of drug-likeness (QED) is 0.526. The van der Waals surface area contributed by atoms with Crippen LogP contribution in [0.15, 0.2) is 0 Å². The normalized spacial score (nSPS) is 18.2. The molecule has 3 nitrogen and oxygen atoms in total. The second kappa shape index (κ2) is 6.08. The molecule has 0 amide bonds. The number of hydrogen-bond acceptors (Lipinski definition) is 3. The SMILES string of the molecule is O=C(OCCl)OCC1CCCCC1. The molecule has 0 radical (unpaired) electrons. The summed E-state index contributed by atoms with van der Waals surface area (Å²) in [5.74, 6) is 0.525. The summed E-state index contributed by atoms with van der Waals surface area (Å²) in [4.78, 5) is 10.8. The molecular formula is C9H15ClO3. The standard InChI is InChI=1S/C9H15ClO3/c10-7-13-9(11)12-6-8-4-2-1-3-5-8/h8H,1-7H2. The van der Waals surface area contributed by atoms with E-state index in [1.54, 1.807) is 0 Å². The molecule has 0 saturated heterocycles. The van der Waals surface area contributed by atoms with Gasteiger partial charge in [-0.2, -0.15) is 0 Å². The lowest BCUT2D eigenvalue weighted by Gasteiger charge is -2.20. The van der Waals surface area contributed by atoms with Crippen LogP contribution in [-0.2, 0) is 9.47 Å². The molecule has 0 N–H and O–H groups in total. The molecule has 1 saturated carbocycles. The average Bonchev–Trinajstić information content (AvgIpc) is 2.17. The third kappa shape index (κ3) is 4.36. The third-order valence-corrected chi connectivity index (χ3v) is 2.44. The minimum absolute atomic E-state index is 0.135. The summed E-state index contributed by atoms with van der Waals surface area (Å²) in [5.41, 5.74) is 0. The Labute approximate surface area is 83.3 Å². The van der Waals surface area contributed by atoms with Gasteiger partial charge in [0.1, 0.15) is 0 Å². The van der Waals surface area contributed by atoms with Crippen molar-refractivity contribution in [1.82, 2.24) is 0 Å². The van der Waals surface area contributed by atoms with Crippen molar-refractivity contribution < 1.29 is 14.3 Å². The smallest absolute Gasteiger partial charge is 0.434 e. The van der Waals surface area contributed by atoms with Crippen molar-refractivity contribution in [2.24, 2.45) is 5.92 Å². The fourth-order valence-corrected chi connectivity index (χ4v) is 1.71. The Morgan fingerprint density at radius 1 is 1.23 bits per heavy atom. The van der Waals surface area contributed by atoms with Gasteiger partial charge in [0.25, 0.3) is 0 Å². The second-order valence-electron chi connectivity index (χ2n) is 3.32. The van der Waals surface area contributed by atoms with Gasteiger partial charge in [-0.15, -0.1) is 0 Å². The number of alkyl halides is 1. The van der Waals surface area contributed by atoms with Crippen molar-refractivity contribution >= 4 is 17.8 Å². The van der Waals surface area contributed by atoms with E-state index in [0.29, 0.717) is 12.5 Å². The van der Waals surface area contributed by atoms with Crippen LogP contribution in [0.3, 0.4) is 0 Å². The molecule has 1 aliphatic carbocycles. The summed E-state index contributed by atoms with van der Waals surface area (Å²) in [6, 6.07) is -0.135. The van der Waals surface area contributed by atoms with Gasteiger partial charge in [0, 0.05) is 0 Å². The van der Waals surface area contributed by atoms with E-state index in [1.807, 2.05) is 0 Å². The lowest BCUT2D eigenvalue weighted by atomic mass is 9.90. The largest absolute Gasteiger partial charge is 0.509 e. The number of rotatable bonds is 3. The predicted octanol–water partition coefficient (Wildman–Crippen LogP) is 2.92. The van der Waals surface area contributed by atoms with E-state index in [1.165, 1.54) is 19.3 Å². The van der Waals surface area contributed by atoms with Gasteiger partial charge in [0.05, 0.1) is 6.61 Å². The molecular weight excluding hydrogens is 192 g/mol. The van der Waals surface area contributed by atoms with Crippen LogP contribution >= 0.6 is 11.6 Å². The Morgan fingerprint density at radius 3 is 2.54 bits per heavy atom. The molecule has 76 valence electrons. The average molecular weight is 207 g/mol. The first-order chi connectivity index (χ1) is 6.33. The maximum atomic E-state index is 10.8. The minimum Gasteiger partial charge on any atom is -0.434 e. The van der Waals surface area contributed by atoms with Crippen molar-refractivity contribution in [3.05, 3.63) is 0 Å². The van der Waals surface area contributed by atoms with Gasteiger partial charge in [-0.05, 0) is 18.8 Å². The van der Waals surface area contributed by atoms with Gasteiger partial charge >= 0.3 is 6.16 Å². The molecule has 0 heterocycles. The zero-order chi connectivity index (χ0) is 9.52. The van der Waals surface area contributed by atoms with Crippen molar-refractivity contribution in [2.45, 2.75) is 32.1 Å². The fourth-order valence-electron chi connectivity index (χ4n) is 1.63. The summed E-state index contributed by atoms with van der Waals surface area (Å²) in [6.45, 7) is 0.482. The van der Waals surface area contributed by atoms with Gasteiger partial charge in [-0.3, -0.25) is 0 Å². The van der Waals surface area contributed by atoms with Crippen LogP contribution in [-0.4, -0.2) is 18.8 Å². The van der Waals surface area contributed by atoms with Crippen LogP contribution < -0.4 is 0 Å². The van der Waals surface area contributed by atoms with Crippen LogP contribution in [0, 0.1) is 5.92 Å². The Bertz CT molecular complexity index is 155. The maximum absolute atomic E-state index is 10.8. The number of hydrogen-bond donors (Lipinski definition) is 0. The van der Waals surface area contributed by atoms with E-state index in [0.717, 1.165) is 12.8 Å². The van der Waals surface area contributed by atoms with Crippen molar-refractivity contribution in [3.63, 3.8) is 0 Å². The van der Waals surface area contributed by atoms with Gasteiger partial charge < -0.3 is 9.47 Å². The highest BCUT2D eigenvalue weighted by atomic mass is 35.5. The van der Waals surface area contributed by atoms with E-state index < -0.39 is 6.16 Å². The summed E-state index contributed by atoms with van der Waals surface area (Å²) in [7, 11) is 0. The molecule has 1 fully saturated rings. The Morgan fingerprint density at radius 2 is 1.92 bits per heavy atom. The highest BCUT2D eigenvalue weighted by Crippen LogP contribution is 2.23. The molecule has 0 atom stereocenters. The van der Waals surface area contributed by atoms with Crippen LogP contribution in [0.2, 0.25) is 0 Å². The molecule has 0 aromatic heterocycles. The van der Waals surface area contributed by atoms with Gasteiger partial charge in [0.2, 0.25) is 0 Å². The molecule has 0 aromatic rings. The monoisotopic (exact) mass is 206 g/mol. The molecule has 1 aliphatic rings. The van der Waals surface area contributed by atoms with E-state index in [4.69, 9.17) is 16.3 Å². The van der Waals surface area contributed by atoms with Crippen molar-refractivity contribution in [2.75, 3.05) is 12.7 Å². The lowest BCUT2D eigenvalue weighted by Crippen LogP contribution is -2.17. The van der Waals surface area contributed by atoms with E-state index in [2.05, 4.69) is 4.74 Å². The number of ether oxygens (including phenoxy) is 2. The number of carbonyl (C=O) groups excluding carboxylic acids is 1. The number of carbonyl (C=O) groups is 1. The molecule has 0 unspecified atom stereocenters. The molecule has 13 heavy (non-hydrogen) atoms. The zero-order valence-corrected chi connectivity index (χ0v) is 8.39. The zero-order valence-electron chi connectivity index (χ0n) is 7.63. The lowest BCUT2D eigenvalue weighted by molar-refractivity contribution is 0.0503. The first-order valence-corrected chi connectivity index (χ1v) is 5.22. The highest BCUT2D eigenvalue weighted by molar-refractivity contribution is 6.17. The maximum Gasteiger partial charge on any atom is 0.509 e. The van der Waals surface area contributed by atoms with Crippen LogP contribution in [0.25, 0.3) is 0 Å². The molecule has 0 aromatic carbocycles. The molecule has 4 heteroatoms. The molecule has 1 rings (SSSR count). The molecule has 0 aliphatic heterocycles.